The smallest absolute Gasteiger partial charge is 0.338 e. The number of piperazine rings is 1. The molecule has 0 radical (unpaired) electrons. The van der Waals surface area contributed by atoms with Gasteiger partial charge in [0.05, 0.1) is 43.0 Å². The first-order chi connectivity index (χ1) is 19.3. The van der Waals surface area contributed by atoms with Crippen LogP contribution in [-0.2, 0) is 9.53 Å². The van der Waals surface area contributed by atoms with Crippen LogP contribution >= 0.6 is 11.6 Å². The first-order valence-electron chi connectivity index (χ1n) is 13.3. The zero-order valence-electron chi connectivity index (χ0n) is 23.2. The van der Waals surface area contributed by atoms with Crippen molar-refractivity contribution in [2.75, 3.05) is 60.1 Å². The Morgan fingerprint density at radius 3 is 2.38 bits per heavy atom. The molecule has 2 aliphatic heterocycles. The minimum absolute atomic E-state index is 0.117. The van der Waals surface area contributed by atoms with E-state index in [1.165, 1.54) is 7.11 Å². The average Bonchev–Trinajstić information content (AvgIpc) is 2.97. The summed E-state index contributed by atoms with van der Waals surface area (Å²) in [5, 5.41) is 3.39. The summed E-state index contributed by atoms with van der Waals surface area (Å²) in [4.78, 5) is 45.3. The molecule has 11 heteroatoms. The molecule has 1 N–H and O–H groups in total. The van der Waals surface area contributed by atoms with Crippen LogP contribution in [0, 0.1) is 0 Å². The number of methoxy groups -OCH3 is 2. The lowest BCUT2D eigenvalue weighted by Crippen LogP contribution is -2.53. The molecule has 1 unspecified atom stereocenters. The number of rotatable bonds is 9. The third-order valence-corrected chi connectivity index (χ3v) is 7.46. The van der Waals surface area contributed by atoms with Gasteiger partial charge in [-0.25, -0.2) is 9.59 Å². The summed E-state index contributed by atoms with van der Waals surface area (Å²) in [7, 11) is 3.08. The van der Waals surface area contributed by atoms with Crippen molar-refractivity contribution in [3.63, 3.8) is 0 Å². The van der Waals surface area contributed by atoms with E-state index in [1.54, 1.807) is 66.3 Å². The third kappa shape index (κ3) is 6.03. The van der Waals surface area contributed by atoms with Crippen LogP contribution in [0.15, 0.2) is 53.7 Å². The molecular weight excluding hydrogens is 536 g/mol. The van der Waals surface area contributed by atoms with Gasteiger partial charge in [-0.05, 0) is 44.2 Å². The molecule has 0 saturated carbocycles. The van der Waals surface area contributed by atoms with Gasteiger partial charge in [-0.2, -0.15) is 0 Å². The van der Waals surface area contributed by atoms with Crippen LogP contribution in [-0.4, -0.2) is 92.7 Å². The predicted octanol–water partition coefficient (Wildman–Crippen LogP) is 3.72. The average molecular weight is 571 g/mol. The first kappa shape index (κ1) is 29.2. The summed E-state index contributed by atoms with van der Waals surface area (Å²) in [6, 6.07) is 11.1. The minimum Gasteiger partial charge on any atom is -0.497 e. The fourth-order valence-electron chi connectivity index (χ4n) is 5.08. The Hall–Kier alpha value is -3.76. The Balaban J connectivity index is 1.66. The topological polar surface area (TPSA) is 101 Å². The normalized spacial score (nSPS) is 17.9. The van der Waals surface area contributed by atoms with Gasteiger partial charge < -0.3 is 24.4 Å². The molecule has 0 aromatic heterocycles. The third-order valence-electron chi connectivity index (χ3n) is 7.13. The van der Waals surface area contributed by atoms with Crippen molar-refractivity contribution in [2.24, 2.45) is 0 Å². The molecule has 2 aromatic rings. The van der Waals surface area contributed by atoms with E-state index in [0.717, 1.165) is 0 Å². The highest BCUT2D eigenvalue weighted by molar-refractivity contribution is 6.33. The molecule has 2 aromatic carbocycles. The molecule has 0 spiro atoms. The van der Waals surface area contributed by atoms with Gasteiger partial charge in [-0.3, -0.25) is 14.6 Å². The van der Waals surface area contributed by atoms with Crippen molar-refractivity contribution in [1.82, 2.24) is 20.0 Å². The number of likely N-dealkylation sites (N-methyl/N-ethyl adjacent to an activating group) is 1. The van der Waals surface area contributed by atoms with Crippen LogP contribution < -0.4 is 14.8 Å². The number of amides is 3. The van der Waals surface area contributed by atoms with Gasteiger partial charge in [0.25, 0.3) is 5.91 Å². The number of ether oxygens (including phenoxy) is 3. The number of carbonyl (C=O) groups excluding carboxylic acids is 3. The Bertz CT molecular complexity index is 1290. The maximum atomic E-state index is 13.5. The van der Waals surface area contributed by atoms with Gasteiger partial charge in [0.15, 0.2) is 0 Å². The number of halogens is 1. The van der Waals surface area contributed by atoms with Gasteiger partial charge in [0.1, 0.15) is 11.5 Å². The number of nitrogens with one attached hydrogen (secondary N) is 1. The van der Waals surface area contributed by atoms with E-state index in [9.17, 15) is 14.4 Å². The van der Waals surface area contributed by atoms with Gasteiger partial charge in [-0.15, -0.1) is 0 Å². The number of nitrogens with zero attached hydrogens (tertiary/aromatic N) is 3. The Morgan fingerprint density at radius 1 is 1.02 bits per heavy atom. The fourth-order valence-corrected chi connectivity index (χ4v) is 5.30. The van der Waals surface area contributed by atoms with Gasteiger partial charge in [-0.1, -0.05) is 23.7 Å². The van der Waals surface area contributed by atoms with E-state index in [2.05, 4.69) is 10.2 Å². The molecule has 2 heterocycles. The second kappa shape index (κ2) is 13.1. The van der Waals surface area contributed by atoms with Crippen LogP contribution in [0.1, 0.15) is 35.8 Å². The molecule has 0 aliphatic carbocycles. The lowest BCUT2D eigenvalue weighted by atomic mass is 9.93. The number of esters is 1. The molecule has 1 saturated heterocycles. The monoisotopic (exact) mass is 570 g/mol. The van der Waals surface area contributed by atoms with E-state index >= 15 is 0 Å². The van der Waals surface area contributed by atoms with Gasteiger partial charge >= 0.3 is 12.0 Å². The van der Waals surface area contributed by atoms with Crippen molar-refractivity contribution >= 4 is 29.5 Å². The summed E-state index contributed by atoms with van der Waals surface area (Å²) >= 11 is 6.25. The van der Waals surface area contributed by atoms with Gasteiger partial charge in [0.2, 0.25) is 0 Å². The SMILES string of the molecule is CCOC(=O)C1=C(CN2CCN(C(=O)c3ccccc3Cl)CC2)N(CC)C(=O)NC1c1cc(OC)ccc1OC. The lowest BCUT2D eigenvalue weighted by molar-refractivity contribution is -0.139. The number of hydrogen-bond donors (Lipinski definition) is 1. The Morgan fingerprint density at radius 2 is 1.75 bits per heavy atom. The van der Waals surface area contributed by atoms with Crippen LogP contribution in [0.2, 0.25) is 5.02 Å². The largest absolute Gasteiger partial charge is 0.497 e. The lowest BCUT2D eigenvalue weighted by Gasteiger charge is -2.40. The highest BCUT2D eigenvalue weighted by Gasteiger charge is 2.40. The quantitative estimate of drug-likeness (QED) is 0.459. The van der Waals surface area contributed by atoms with Crippen molar-refractivity contribution < 1.29 is 28.6 Å². The predicted molar refractivity (Wildman–Crippen MR) is 151 cm³/mol. The van der Waals surface area contributed by atoms with Crippen LogP contribution in [0.4, 0.5) is 4.79 Å². The number of benzene rings is 2. The van der Waals surface area contributed by atoms with E-state index in [4.69, 9.17) is 25.8 Å². The summed E-state index contributed by atoms with van der Waals surface area (Å²) in [5.41, 5.74) is 1.96. The Labute approximate surface area is 239 Å². The van der Waals surface area contributed by atoms with Crippen molar-refractivity contribution in [3.05, 3.63) is 69.9 Å². The molecule has 1 atom stereocenters. The van der Waals surface area contributed by atoms with Crippen LogP contribution in [0.25, 0.3) is 0 Å². The maximum absolute atomic E-state index is 13.5. The molecule has 4 rings (SSSR count). The molecular formula is C29H35ClN4O6. The second-order valence-corrected chi connectivity index (χ2v) is 9.77. The minimum atomic E-state index is -0.808. The van der Waals surface area contributed by atoms with Crippen molar-refractivity contribution in [3.8, 4) is 11.5 Å². The second-order valence-electron chi connectivity index (χ2n) is 9.36. The van der Waals surface area contributed by atoms with Crippen molar-refractivity contribution in [2.45, 2.75) is 19.9 Å². The summed E-state index contributed by atoms with van der Waals surface area (Å²) in [5.74, 6) is 0.434. The molecule has 10 nitrogen and oxygen atoms in total. The van der Waals surface area contributed by atoms with E-state index in [0.29, 0.717) is 78.2 Å². The van der Waals surface area contributed by atoms with Crippen molar-refractivity contribution in [1.29, 1.82) is 0 Å². The van der Waals surface area contributed by atoms with Crippen LogP contribution in [0.3, 0.4) is 0 Å². The summed E-state index contributed by atoms with van der Waals surface area (Å²) < 4.78 is 16.5. The zero-order chi connectivity index (χ0) is 28.8. The summed E-state index contributed by atoms with van der Waals surface area (Å²) in [6.45, 7) is 6.55. The van der Waals surface area contributed by atoms with Crippen LogP contribution in [0.5, 0.6) is 11.5 Å². The summed E-state index contributed by atoms with van der Waals surface area (Å²) in [6.07, 6.45) is 0. The molecule has 214 valence electrons. The number of urea groups is 1. The fraction of sp³-hybridized carbons (Fsp3) is 0.414. The standard InChI is InChI=1S/C29H35ClN4O6/c1-5-34-23(18-32-13-15-33(16-14-32)27(35)20-9-7-8-10-22(20)30)25(28(36)40-6-2)26(31-29(34)37)21-17-19(38-3)11-12-24(21)39-4/h7-12,17,26H,5-6,13-16,18H2,1-4H3,(H,31,37). The molecule has 0 bridgehead atoms. The van der Waals surface area contributed by atoms with E-state index in [1.807, 2.05) is 6.92 Å². The molecule has 1 fully saturated rings. The van der Waals surface area contributed by atoms with Gasteiger partial charge in [0, 0.05) is 50.5 Å². The molecule has 3 amide bonds. The number of carbonyl (C=O) groups is 3. The highest BCUT2D eigenvalue weighted by atomic mass is 35.5. The molecule has 2 aliphatic rings. The van der Waals surface area contributed by atoms with E-state index in [-0.39, 0.29) is 18.5 Å². The number of hydrogen-bond acceptors (Lipinski definition) is 7. The zero-order valence-corrected chi connectivity index (χ0v) is 24.0. The first-order valence-corrected chi connectivity index (χ1v) is 13.7. The molecule has 40 heavy (non-hydrogen) atoms. The maximum Gasteiger partial charge on any atom is 0.338 e. The Kier molecular flexibility index (Phi) is 9.54. The highest BCUT2D eigenvalue weighted by Crippen LogP contribution is 2.38. The van der Waals surface area contributed by atoms with E-state index < -0.39 is 12.0 Å².